The molecule has 0 atom stereocenters. The van der Waals surface area contributed by atoms with Crippen molar-refractivity contribution in [3.8, 4) is 17.4 Å². The number of imidazole rings is 1. The standard InChI is InChI=1S/C24H25N5O3.CH3NO2/c1-15-8-9-18(32-22-11-10-21-26-20(25)14-28(21)27-22)13-19(15)29(24(2,3)4)23(31)16-6-5-7-17(30)12-16;2-1(3)4/h5-14,30H,25H2,1-4H3;2H2,(H,3,4). The number of nitrogens with two attached hydrogens (primary N) is 2. The van der Waals surface area contributed by atoms with E-state index in [0.29, 0.717) is 34.3 Å². The number of carboxylic acid groups (broad SMARTS) is 1. The number of nitrogen functional groups attached to an aromatic ring is 1. The molecular weight excluding hydrogens is 464 g/mol. The van der Waals surface area contributed by atoms with Crippen LogP contribution in [-0.2, 0) is 0 Å². The minimum Gasteiger partial charge on any atom is -0.508 e. The summed E-state index contributed by atoms with van der Waals surface area (Å²) in [5, 5.41) is 21.4. The fraction of sp³-hybridized carbons (Fsp3) is 0.200. The molecule has 188 valence electrons. The summed E-state index contributed by atoms with van der Waals surface area (Å²) in [5.41, 5.74) is 11.9. The van der Waals surface area contributed by atoms with E-state index < -0.39 is 11.6 Å². The van der Waals surface area contributed by atoms with Gasteiger partial charge in [-0.25, -0.2) is 14.3 Å². The molecule has 11 heteroatoms. The van der Waals surface area contributed by atoms with Crippen LogP contribution in [0, 0.1) is 6.92 Å². The van der Waals surface area contributed by atoms with Crippen molar-refractivity contribution >= 4 is 29.2 Å². The molecule has 0 aliphatic rings. The lowest BCUT2D eigenvalue weighted by molar-refractivity contribution is 0.0965. The number of benzene rings is 2. The molecule has 0 bridgehead atoms. The molecule has 0 radical (unpaired) electrons. The molecule has 2 heterocycles. The number of phenols is 1. The number of aromatic hydroxyl groups is 1. The number of rotatable bonds is 4. The third-order valence-corrected chi connectivity index (χ3v) is 4.93. The van der Waals surface area contributed by atoms with Crippen molar-refractivity contribution in [3.05, 3.63) is 71.9 Å². The number of ether oxygens (including phenoxy) is 1. The zero-order valence-electron chi connectivity index (χ0n) is 20.3. The molecule has 0 spiro atoms. The predicted octanol–water partition coefficient (Wildman–Crippen LogP) is 4.19. The number of hydrogen-bond acceptors (Lipinski definition) is 7. The highest BCUT2D eigenvalue weighted by molar-refractivity contribution is 6.07. The molecule has 2 aromatic carbocycles. The van der Waals surface area contributed by atoms with Crippen molar-refractivity contribution in [2.75, 3.05) is 10.6 Å². The second-order valence-corrected chi connectivity index (χ2v) is 8.89. The van der Waals surface area contributed by atoms with Gasteiger partial charge in [0.05, 0.1) is 11.9 Å². The minimum atomic E-state index is -1.33. The van der Waals surface area contributed by atoms with E-state index in [-0.39, 0.29) is 11.7 Å². The number of hydrogen-bond donors (Lipinski definition) is 4. The van der Waals surface area contributed by atoms with Crippen molar-refractivity contribution in [1.82, 2.24) is 14.6 Å². The van der Waals surface area contributed by atoms with Gasteiger partial charge >= 0.3 is 6.09 Å². The van der Waals surface area contributed by atoms with Crippen LogP contribution in [0.3, 0.4) is 0 Å². The van der Waals surface area contributed by atoms with E-state index in [0.717, 1.165) is 5.56 Å². The summed E-state index contributed by atoms with van der Waals surface area (Å²) in [4.78, 5) is 28.1. The SMILES string of the molecule is Cc1ccc(Oc2ccc3nc(N)cn3n2)cc1N(C(=O)c1cccc(O)c1)C(C)(C)C.NC(=O)O. The Labute approximate surface area is 207 Å². The first-order valence-electron chi connectivity index (χ1n) is 10.9. The normalized spacial score (nSPS) is 10.9. The van der Waals surface area contributed by atoms with Gasteiger partial charge in [-0.3, -0.25) is 4.79 Å². The topological polar surface area (TPSA) is 169 Å². The summed E-state index contributed by atoms with van der Waals surface area (Å²) >= 11 is 0. The molecule has 36 heavy (non-hydrogen) atoms. The number of phenolic OH excluding ortho intramolecular Hbond substituents is 1. The number of aromatic nitrogens is 3. The molecule has 0 aliphatic heterocycles. The van der Waals surface area contributed by atoms with E-state index in [2.05, 4.69) is 15.8 Å². The Bertz CT molecular complexity index is 1410. The number of carbonyl (C=O) groups excluding carboxylic acids is 1. The maximum atomic E-state index is 13.5. The van der Waals surface area contributed by atoms with Crippen LogP contribution in [0.5, 0.6) is 17.4 Å². The largest absolute Gasteiger partial charge is 0.508 e. The van der Waals surface area contributed by atoms with Crippen molar-refractivity contribution in [2.45, 2.75) is 33.2 Å². The molecule has 4 rings (SSSR count). The van der Waals surface area contributed by atoms with E-state index in [1.807, 2.05) is 45.9 Å². The third-order valence-electron chi connectivity index (χ3n) is 4.93. The van der Waals surface area contributed by atoms with Crippen LogP contribution in [0.15, 0.2) is 60.8 Å². The fourth-order valence-electron chi connectivity index (χ4n) is 3.50. The van der Waals surface area contributed by atoms with Crippen LogP contribution in [0.1, 0.15) is 36.7 Å². The Balaban J connectivity index is 0.000000840. The molecule has 0 aliphatic carbocycles. The molecule has 0 saturated heterocycles. The van der Waals surface area contributed by atoms with Gasteiger partial charge in [0.2, 0.25) is 5.88 Å². The summed E-state index contributed by atoms with van der Waals surface area (Å²) in [6.07, 6.45) is 0.276. The third kappa shape index (κ3) is 6.20. The van der Waals surface area contributed by atoms with Gasteiger partial charge in [0.1, 0.15) is 17.3 Å². The Morgan fingerprint density at radius 2 is 1.78 bits per heavy atom. The lowest BCUT2D eigenvalue weighted by Gasteiger charge is -2.37. The van der Waals surface area contributed by atoms with Gasteiger partial charge in [0.15, 0.2) is 5.65 Å². The molecule has 0 saturated carbocycles. The summed E-state index contributed by atoms with van der Waals surface area (Å²) in [6, 6.07) is 15.4. The molecular formula is C25H28N6O5. The van der Waals surface area contributed by atoms with Crippen LogP contribution >= 0.6 is 0 Å². The summed E-state index contributed by atoms with van der Waals surface area (Å²) in [7, 11) is 0. The maximum absolute atomic E-state index is 13.5. The maximum Gasteiger partial charge on any atom is 0.402 e. The molecule has 11 nitrogen and oxygen atoms in total. The van der Waals surface area contributed by atoms with E-state index in [1.54, 1.807) is 39.9 Å². The number of fused-ring (bicyclic) bond motifs is 1. The predicted molar refractivity (Wildman–Crippen MR) is 136 cm³/mol. The highest BCUT2D eigenvalue weighted by Crippen LogP contribution is 2.34. The first-order valence-corrected chi connectivity index (χ1v) is 10.9. The lowest BCUT2D eigenvalue weighted by atomic mass is 10.0. The zero-order chi connectivity index (χ0) is 26.6. The lowest BCUT2D eigenvalue weighted by Crippen LogP contribution is -2.46. The Morgan fingerprint density at radius 1 is 1.08 bits per heavy atom. The Hall–Kier alpha value is -4.80. The number of aryl methyl sites for hydroxylation is 1. The first kappa shape index (κ1) is 25.8. The fourth-order valence-corrected chi connectivity index (χ4v) is 3.50. The summed E-state index contributed by atoms with van der Waals surface area (Å²) in [5.74, 6) is 1.09. The quantitative estimate of drug-likeness (QED) is 0.329. The average molecular weight is 493 g/mol. The summed E-state index contributed by atoms with van der Waals surface area (Å²) < 4.78 is 7.53. The van der Waals surface area contributed by atoms with E-state index in [9.17, 15) is 9.90 Å². The number of amides is 2. The number of primary amides is 1. The van der Waals surface area contributed by atoms with Crippen LogP contribution in [0.2, 0.25) is 0 Å². The number of carbonyl (C=O) groups is 2. The van der Waals surface area contributed by atoms with Crippen molar-refractivity contribution in [2.24, 2.45) is 5.73 Å². The van der Waals surface area contributed by atoms with Gasteiger partial charge in [0, 0.05) is 23.2 Å². The van der Waals surface area contributed by atoms with E-state index >= 15 is 0 Å². The first-order chi connectivity index (χ1) is 16.8. The highest BCUT2D eigenvalue weighted by Gasteiger charge is 2.30. The van der Waals surface area contributed by atoms with Crippen molar-refractivity contribution in [3.63, 3.8) is 0 Å². The molecule has 0 unspecified atom stereocenters. The van der Waals surface area contributed by atoms with Crippen molar-refractivity contribution in [1.29, 1.82) is 0 Å². The monoisotopic (exact) mass is 492 g/mol. The van der Waals surface area contributed by atoms with Crippen LogP contribution < -0.4 is 21.1 Å². The van der Waals surface area contributed by atoms with Gasteiger partial charge in [0.25, 0.3) is 5.91 Å². The van der Waals surface area contributed by atoms with Gasteiger partial charge in [-0.2, -0.15) is 0 Å². The van der Waals surface area contributed by atoms with Crippen LogP contribution in [0.25, 0.3) is 5.65 Å². The molecule has 0 fully saturated rings. The van der Waals surface area contributed by atoms with Crippen LogP contribution in [-0.4, -0.2) is 42.4 Å². The van der Waals surface area contributed by atoms with Gasteiger partial charge in [-0.1, -0.05) is 12.1 Å². The molecule has 4 aromatic rings. The number of nitrogens with zero attached hydrogens (tertiary/aromatic N) is 4. The molecule has 2 aromatic heterocycles. The zero-order valence-corrected chi connectivity index (χ0v) is 20.3. The average Bonchev–Trinajstić information content (AvgIpc) is 3.14. The van der Waals surface area contributed by atoms with Gasteiger partial charge in [-0.05, 0) is 63.6 Å². The van der Waals surface area contributed by atoms with Gasteiger partial charge < -0.3 is 31.3 Å². The minimum absolute atomic E-state index is 0.0418. The second kappa shape index (κ2) is 10.2. The molecule has 6 N–H and O–H groups in total. The van der Waals surface area contributed by atoms with Gasteiger partial charge in [-0.15, -0.1) is 5.10 Å². The van der Waals surface area contributed by atoms with E-state index in [1.165, 1.54) is 12.1 Å². The van der Waals surface area contributed by atoms with E-state index in [4.69, 9.17) is 20.4 Å². The van der Waals surface area contributed by atoms with Crippen molar-refractivity contribution < 1.29 is 24.5 Å². The summed E-state index contributed by atoms with van der Waals surface area (Å²) in [6.45, 7) is 7.81. The Morgan fingerprint density at radius 3 is 2.42 bits per heavy atom. The number of anilines is 2. The smallest absolute Gasteiger partial charge is 0.402 e. The Kier molecular flexibility index (Phi) is 7.33. The highest BCUT2D eigenvalue weighted by atomic mass is 16.5. The van der Waals surface area contributed by atoms with Crippen LogP contribution in [0.4, 0.5) is 16.3 Å². The second-order valence-electron chi connectivity index (χ2n) is 8.89. The molecule has 2 amide bonds.